The number of ether oxygens (including phenoxy) is 1. The van der Waals surface area contributed by atoms with Gasteiger partial charge in [-0.05, 0) is 37.4 Å². The number of hydrogen-bond acceptors (Lipinski definition) is 5. The molecule has 2 aromatic heterocycles. The summed E-state index contributed by atoms with van der Waals surface area (Å²) >= 11 is 3.05. The maximum absolute atomic E-state index is 11.7. The molecule has 0 saturated heterocycles. The number of aromatic nitrogens is 2. The summed E-state index contributed by atoms with van der Waals surface area (Å²) in [5, 5.41) is 2.82. The molecule has 0 unspecified atom stereocenters. The quantitative estimate of drug-likeness (QED) is 0.478. The monoisotopic (exact) mass is 358 g/mol. The molecule has 0 amide bonds. The molecule has 0 fully saturated rings. The highest BCUT2D eigenvalue weighted by atomic mass is 32.2. The number of thioether (sulfide) groups is 1. The summed E-state index contributed by atoms with van der Waals surface area (Å²) < 4.78 is 7.04. The molecule has 0 radical (unpaired) electrons. The molecule has 0 spiro atoms. The Kier molecular flexibility index (Phi) is 5.37. The van der Waals surface area contributed by atoms with Gasteiger partial charge in [-0.2, -0.15) is 0 Å². The summed E-state index contributed by atoms with van der Waals surface area (Å²) in [5.74, 6) is 0.0271. The third kappa shape index (κ3) is 3.88. The number of aryl methyl sites for hydroxylation is 1. The topological polar surface area (TPSA) is 44.1 Å². The molecule has 3 rings (SSSR count). The van der Waals surface area contributed by atoms with Crippen LogP contribution in [0.2, 0.25) is 0 Å². The number of hydrogen-bond donors (Lipinski definition) is 0. The highest BCUT2D eigenvalue weighted by Gasteiger charge is 2.14. The van der Waals surface area contributed by atoms with Crippen LogP contribution in [-0.4, -0.2) is 27.9 Å². The van der Waals surface area contributed by atoms with Crippen molar-refractivity contribution in [3.05, 3.63) is 53.5 Å². The Morgan fingerprint density at radius 1 is 1.29 bits per heavy atom. The van der Waals surface area contributed by atoms with Crippen LogP contribution in [-0.2, 0) is 9.53 Å². The van der Waals surface area contributed by atoms with E-state index in [0.29, 0.717) is 6.61 Å². The first kappa shape index (κ1) is 16.8. The highest BCUT2D eigenvalue weighted by Crippen LogP contribution is 2.29. The van der Waals surface area contributed by atoms with Gasteiger partial charge in [-0.15, -0.1) is 11.3 Å². The zero-order valence-corrected chi connectivity index (χ0v) is 15.2. The summed E-state index contributed by atoms with van der Waals surface area (Å²) in [5.41, 5.74) is 3.15. The zero-order chi connectivity index (χ0) is 16.9. The van der Waals surface area contributed by atoms with E-state index < -0.39 is 0 Å². The molecule has 0 aliphatic rings. The van der Waals surface area contributed by atoms with Gasteiger partial charge >= 0.3 is 5.97 Å². The molecular weight excluding hydrogens is 340 g/mol. The minimum Gasteiger partial charge on any atom is -0.465 e. The van der Waals surface area contributed by atoms with Gasteiger partial charge in [-0.25, -0.2) is 4.98 Å². The van der Waals surface area contributed by atoms with Crippen molar-refractivity contribution in [1.82, 2.24) is 9.55 Å². The summed E-state index contributed by atoms with van der Waals surface area (Å²) in [6, 6.07) is 12.3. The molecule has 0 aliphatic carbocycles. The number of carbonyl (C=O) groups excluding carboxylic acids is 1. The average molecular weight is 358 g/mol. The fraction of sp³-hybridized carbons (Fsp3) is 0.222. The molecular formula is C18H18N2O2S2. The number of imidazole rings is 1. The second kappa shape index (κ2) is 7.68. The van der Waals surface area contributed by atoms with Crippen LogP contribution in [0.5, 0.6) is 0 Å². The van der Waals surface area contributed by atoms with Gasteiger partial charge in [0.05, 0.1) is 22.9 Å². The number of rotatable bonds is 6. The van der Waals surface area contributed by atoms with E-state index in [2.05, 4.69) is 31.2 Å². The summed E-state index contributed by atoms with van der Waals surface area (Å²) in [6.07, 6.45) is 2.02. The third-order valence-corrected chi connectivity index (χ3v) is 5.20. The zero-order valence-electron chi connectivity index (χ0n) is 13.6. The number of nitrogens with zero attached hydrogens (tertiary/aromatic N) is 2. The molecule has 0 saturated carbocycles. The largest absolute Gasteiger partial charge is 0.465 e. The smallest absolute Gasteiger partial charge is 0.316 e. The number of carbonyl (C=O) groups is 1. The molecule has 3 aromatic rings. The second-order valence-corrected chi connectivity index (χ2v) is 7.08. The molecule has 6 heteroatoms. The van der Waals surface area contributed by atoms with E-state index in [-0.39, 0.29) is 11.7 Å². The van der Waals surface area contributed by atoms with Crippen molar-refractivity contribution in [1.29, 1.82) is 0 Å². The first-order valence-corrected chi connectivity index (χ1v) is 9.52. The second-order valence-electron chi connectivity index (χ2n) is 5.19. The predicted octanol–water partition coefficient (Wildman–Crippen LogP) is 4.56. The lowest BCUT2D eigenvalue weighted by molar-refractivity contribution is -0.139. The Hall–Kier alpha value is -2.05. The van der Waals surface area contributed by atoms with E-state index in [4.69, 9.17) is 9.72 Å². The van der Waals surface area contributed by atoms with Crippen LogP contribution >= 0.6 is 23.1 Å². The van der Waals surface area contributed by atoms with Gasteiger partial charge in [-0.1, -0.05) is 35.5 Å². The van der Waals surface area contributed by atoms with Crippen LogP contribution in [0.25, 0.3) is 16.3 Å². The van der Waals surface area contributed by atoms with E-state index in [1.165, 1.54) is 17.3 Å². The summed E-state index contributed by atoms with van der Waals surface area (Å²) in [7, 11) is 0. The summed E-state index contributed by atoms with van der Waals surface area (Å²) in [4.78, 5) is 17.5. The number of benzene rings is 1. The van der Waals surface area contributed by atoms with Gasteiger partial charge in [0.15, 0.2) is 5.16 Å². The Morgan fingerprint density at radius 2 is 2.08 bits per heavy atom. The molecule has 0 atom stereocenters. The van der Waals surface area contributed by atoms with Crippen molar-refractivity contribution in [2.24, 2.45) is 0 Å². The Balaban J connectivity index is 1.92. The van der Waals surface area contributed by atoms with Crippen molar-refractivity contribution in [3.8, 4) is 16.3 Å². The normalized spacial score (nSPS) is 10.8. The van der Waals surface area contributed by atoms with Crippen LogP contribution in [0, 0.1) is 6.92 Å². The minimum absolute atomic E-state index is 0.223. The SMILES string of the molecule is CCOC(=O)CSc1nc(-c2cccs2)cn1-c1ccc(C)cc1. The molecule has 24 heavy (non-hydrogen) atoms. The van der Waals surface area contributed by atoms with Crippen molar-refractivity contribution in [2.45, 2.75) is 19.0 Å². The van der Waals surface area contributed by atoms with E-state index in [1.807, 2.05) is 35.2 Å². The van der Waals surface area contributed by atoms with Crippen LogP contribution in [0.4, 0.5) is 0 Å². The van der Waals surface area contributed by atoms with Gasteiger partial charge in [0.2, 0.25) is 0 Å². The lowest BCUT2D eigenvalue weighted by atomic mass is 10.2. The first-order valence-electron chi connectivity index (χ1n) is 7.66. The number of thiophene rings is 1. The molecule has 1 aromatic carbocycles. The van der Waals surface area contributed by atoms with Crippen molar-refractivity contribution >= 4 is 29.1 Å². The molecule has 4 nitrogen and oxygen atoms in total. The first-order chi connectivity index (χ1) is 11.7. The van der Waals surface area contributed by atoms with E-state index in [9.17, 15) is 4.79 Å². The molecule has 0 aliphatic heterocycles. The Bertz CT molecular complexity index is 808. The third-order valence-electron chi connectivity index (χ3n) is 3.38. The van der Waals surface area contributed by atoms with Crippen molar-refractivity contribution in [2.75, 3.05) is 12.4 Å². The molecule has 124 valence electrons. The average Bonchev–Trinajstić information content (AvgIpc) is 3.23. The lowest BCUT2D eigenvalue weighted by Gasteiger charge is -2.07. The maximum atomic E-state index is 11.7. The fourth-order valence-corrected chi connectivity index (χ4v) is 3.69. The highest BCUT2D eigenvalue weighted by molar-refractivity contribution is 7.99. The van der Waals surface area contributed by atoms with Crippen LogP contribution in [0.3, 0.4) is 0 Å². The van der Waals surface area contributed by atoms with E-state index in [1.54, 1.807) is 11.3 Å². The lowest BCUT2D eigenvalue weighted by Crippen LogP contribution is -2.07. The van der Waals surface area contributed by atoms with E-state index in [0.717, 1.165) is 21.4 Å². The molecule has 2 heterocycles. The van der Waals surface area contributed by atoms with Gasteiger partial charge in [0.1, 0.15) is 0 Å². The summed E-state index contributed by atoms with van der Waals surface area (Å²) in [6.45, 7) is 4.27. The van der Waals surface area contributed by atoms with Crippen LogP contribution in [0.1, 0.15) is 12.5 Å². The van der Waals surface area contributed by atoms with Gasteiger partial charge in [-0.3, -0.25) is 9.36 Å². The fourth-order valence-electron chi connectivity index (χ4n) is 2.22. The van der Waals surface area contributed by atoms with Gasteiger partial charge < -0.3 is 4.74 Å². The molecule has 0 N–H and O–H groups in total. The van der Waals surface area contributed by atoms with Crippen molar-refractivity contribution < 1.29 is 9.53 Å². The maximum Gasteiger partial charge on any atom is 0.316 e. The van der Waals surface area contributed by atoms with Gasteiger partial charge in [0, 0.05) is 11.9 Å². The standard InChI is InChI=1S/C18H18N2O2S2/c1-3-22-17(21)12-24-18-19-15(16-5-4-10-23-16)11-20(18)14-8-6-13(2)7-9-14/h4-11H,3,12H2,1-2H3. The van der Waals surface area contributed by atoms with Crippen molar-refractivity contribution in [3.63, 3.8) is 0 Å². The Labute approximate surface area is 149 Å². The minimum atomic E-state index is -0.223. The van der Waals surface area contributed by atoms with E-state index >= 15 is 0 Å². The molecule has 0 bridgehead atoms. The number of esters is 1. The van der Waals surface area contributed by atoms with Gasteiger partial charge in [0.25, 0.3) is 0 Å². The Morgan fingerprint density at radius 3 is 2.75 bits per heavy atom. The predicted molar refractivity (Wildman–Crippen MR) is 99.0 cm³/mol. The van der Waals surface area contributed by atoms with Crippen LogP contribution < -0.4 is 0 Å². The van der Waals surface area contributed by atoms with Crippen LogP contribution in [0.15, 0.2) is 53.1 Å².